The Morgan fingerprint density at radius 1 is 0.346 bits per heavy atom. The maximum Gasteiger partial charge on any atom is 0.0994 e. The molecule has 0 aromatic rings. The molecule has 0 amide bonds. The van der Waals surface area contributed by atoms with E-state index < -0.39 is 0 Å². The molecule has 0 radical (unpaired) electrons. The van der Waals surface area contributed by atoms with Gasteiger partial charge in [-0.3, -0.25) is 0 Å². The van der Waals surface area contributed by atoms with Gasteiger partial charge in [0.2, 0.25) is 0 Å². The Kier molecular flexibility index (Phi) is 33.4. The molecule has 8 fully saturated rings. The van der Waals surface area contributed by atoms with Crippen LogP contribution in [0.4, 0.5) is 0 Å². The first-order chi connectivity index (χ1) is 36.2. The molecular formula is C72H154N6+6. The quantitative estimate of drug-likeness (QED) is 0.0631. The molecule has 0 spiro atoms. The minimum absolute atomic E-state index is 0.375. The van der Waals surface area contributed by atoms with Gasteiger partial charge in [-0.1, -0.05) is 104 Å². The first kappa shape index (κ1) is 73.9. The number of unbranched alkanes of at least 4 members (excludes halogenated alkanes) is 15. The smallest absolute Gasteiger partial charge is 0.0994 e. The molecule has 8 saturated carbocycles. The molecule has 0 aromatic carbocycles. The summed E-state index contributed by atoms with van der Waals surface area (Å²) < 4.78 is 7.13. The van der Waals surface area contributed by atoms with Crippen LogP contribution in [0.15, 0.2) is 0 Å². The molecule has 0 heterocycles. The molecule has 78 heavy (non-hydrogen) atoms. The molecular weight excluding hydrogens is 949 g/mol. The van der Waals surface area contributed by atoms with E-state index in [1.165, 1.54) is 254 Å². The average Bonchev–Trinajstić information content (AvgIpc) is 4.14. The van der Waals surface area contributed by atoms with Gasteiger partial charge in [0.15, 0.2) is 0 Å². The molecule has 6 nitrogen and oxygen atoms in total. The van der Waals surface area contributed by atoms with Gasteiger partial charge in [-0.2, -0.15) is 0 Å². The Balaban J connectivity index is 0.000000339. The van der Waals surface area contributed by atoms with Crippen LogP contribution in [0.3, 0.4) is 0 Å². The van der Waals surface area contributed by atoms with E-state index in [2.05, 4.69) is 154 Å². The summed E-state index contributed by atoms with van der Waals surface area (Å²) in [4.78, 5) is 0. The van der Waals surface area contributed by atoms with Gasteiger partial charge in [0, 0.05) is 31.6 Å². The van der Waals surface area contributed by atoms with E-state index in [0.717, 1.165) is 52.2 Å². The SMILES string of the molecule is CC(C)(C)[N+](C)(C)C.CCCCCCCC[N+](C)(CCCCCCCC)CCCCCCCC.C[N+](C)(C)C12CC3CC(CC(C3)C1)C2.C[N+](C)(C)C1CC2CCC1C2.C[N+](C)(C)C1CCCC1.C[N+](C)(C)C1CCCCC1. The molecule has 0 aliphatic heterocycles. The largest absolute Gasteiger partial charge is 0.328 e. The van der Waals surface area contributed by atoms with Crippen molar-refractivity contribution in [2.45, 2.75) is 308 Å². The van der Waals surface area contributed by atoms with Crippen molar-refractivity contribution in [2.24, 2.45) is 29.6 Å². The van der Waals surface area contributed by atoms with E-state index in [1.54, 1.807) is 25.7 Å². The van der Waals surface area contributed by atoms with E-state index in [0.29, 0.717) is 11.1 Å². The van der Waals surface area contributed by atoms with Crippen LogP contribution < -0.4 is 0 Å². The fraction of sp³-hybridized carbons (Fsp3) is 1.00. The molecule has 8 rings (SSSR count). The summed E-state index contributed by atoms with van der Waals surface area (Å²) >= 11 is 0. The van der Waals surface area contributed by atoms with Crippen LogP contribution in [-0.2, 0) is 0 Å². The second-order valence-electron chi connectivity index (χ2n) is 34.3. The third-order valence-corrected chi connectivity index (χ3v) is 22.4. The first-order valence-corrected chi connectivity index (χ1v) is 35.1. The number of hydrogen-bond acceptors (Lipinski definition) is 0. The Bertz CT molecular complexity index is 1390. The first-order valence-electron chi connectivity index (χ1n) is 35.1. The number of nitrogens with zero attached hydrogens (tertiary/aromatic N) is 6. The summed E-state index contributed by atoms with van der Waals surface area (Å²) in [5.41, 5.74) is 1.05. The van der Waals surface area contributed by atoms with Crippen molar-refractivity contribution in [3.05, 3.63) is 0 Å². The third-order valence-electron chi connectivity index (χ3n) is 22.4. The van der Waals surface area contributed by atoms with Crippen LogP contribution in [0, 0.1) is 29.6 Å². The Morgan fingerprint density at radius 2 is 0.667 bits per heavy atom. The van der Waals surface area contributed by atoms with E-state index >= 15 is 0 Å². The lowest BCUT2D eigenvalue weighted by molar-refractivity contribution is -0.930. The van der Waals surface area contributed by atoms with Crippen molar-refractivity contribution in [3.63, 3.8) is 0 Å². The predicted molar refractivity (Wildman–Crippen MR) is 350 cm³/mol. The average molecular weight is 1100 g/mol. The van der Waals surface area contributed by atoms with E-state index in [-0.39, 0.29) is 0 Å². The molecule has 0 saturated heterocycles. The van der Waals surface area contributed by atoms with E-state index in [9.17, 15) is 0 Å². The summed E-state index contributed by atoms with van der Waals surface area (Å²) in [5, 5.41) is 0. The van der Waals surface area contributed by atoms with Crippen LogP contribution in [0.5, 0.6) is 0 Å². The van der Waals surface area contributed by atoms with Crippen LogP contribution in [0.1, 0.15) is 279 Å². The van der Waals surface area contributed by atoms with E-state index in [4.69, 9.17) is 0 Å². The number of rotatable bonds is 25. The van der Waals surface area contributed by atoms with Gasteiger partial charge in [-0.25, -0.2) is 0 Å². The highest BCUT2D eigenvalue weighted by Crippen LogP contribution is 2.58. The number of fused-ring (bicyclic) bond motifs is 2. The van der Waals surface area contributed by atoms with Crippen LogP contribution in [0.25, 0.3) is 0 Å². The Morgan fingerprint density at radius 3 is 0.897 bits per heavy atom. The minimum atomic E-state index is 0.375. The molecule has 8 aliphatic carbocycles. The zero-order chi connectivity index (χ0) is 58.9. The normalized spacial score (nSPS) is 26.4. The molecule has 0 N–H and O–H groups in total. The summed E-state index contributed by atoms with van der Waals surface area (Å²) in [7, 11) is 37.4. The Labute approximate surface area is 494 Å². The third kappa shape index (κ3) is 28.6. The molecule has 6 heteroatoms. The fourth-order valence-electron chi connectivity index (χ4n) is 15.7. The Hall–Kier alpha value is -0.240. The van der Waals surface area contributed by atoms with Crippen molar-refractivity contribution in [2.75, 3.05) is 132 Å². The van der Waals surface area contributed by atoms with Gasteiger partial charge in [0.05, 0.1) is 162 Å². The maximum atomic E-state index is 2.56. The van der Waals surface area contributed by atoms with Crippen LogP contribution in [0.2, 0.25) is 0 Å². The van der Waals surface area contributed by atoms with Gasteiger partial charge in [0.25, 0.3) is 0 Å². The topological polar surface area (TPSA) is 0 Å². The summed E-state index contributed by atoms with van der Waals surface area (Å²) in [6.45, 7) is 18.0. The summed E-state index contributed by atoms with van der Waals surface area (Å²) in [6.07, 6.45) is 54.3. The van der Waals surface area contributed by atoms with Crippen LogP contribution in [-0.4, -0.2) is 188 Å². The molecule has 466 valence electrons. The summed E-state index contributed by atoms with van der Waals surface area (Å²) in [5.74, 6) is 5.46. The van der Waals surface area contributed by atoms with E-state index in [1.807, 2.05) is 0 Å². The van der Waals surface area contributed by atoms with Gasteiger partial charge in [-0.15, -0.1) is 0 Å². The van der Waals surface area contributed by atoms with Crippen molar-refractivity contribution in [1.29, 1.82) is 0 Å². The lowest BCUT2D eigenvalue weighted by atomic mass is 9.52. The fourth-order valence-corrected chi connectivity index (χ4v) is 15.7. The highest BCUT2D eigenvalue weighted by atomic mass is 15.4. The number of quaternary nitrogens is 6. The zero-order valence-electron chi connectivity index (χ0n) is 58.6. The molecule has 0 aromatic heterocycles. The van der Waals surface area contributed by atoms with Crippen LogP contribution >= 0.6 is 0 Å². The highest BCUT2D eigenvalue weighted by molar-refractivity contribution is 5.03. The lowest BCUT2D eigenvalue weighted by Gasteiger charge is -2.61. The maximum absolute atomic E-state index is 2.56. The molecule has 8 aliphatic rings. The molecule has 6 bridgehead atoms. The lowest BCUT2D eigenvalue weighted by Crippen LogP contribution is -2.65. The van der Waals surface area contributed by atoms with Crippen molar-refractivity contribution < 1.29 is 26.9 Å². The zero-order valence-corrected chi connectivity index (χ0v) is 58.6. The molecule has 3 atom stereocenters. The van der Waals surface area contributed by atoms with Crippen molar-refractivity contribution in [3.8, 4) is 0 Å². The monoisotopic (exact) mass is 1100 g/mol. The van der Waals surface area contributed by atoms with Gasteiger partial charge >= 0.3 is 0 Å². The van der Waals surface area contributed by atoms with Crippen molar-refractivity contribution >= 4 is 0 Å². The molecule has 3 unspecified atom stereocenters. The highest BCUT2D eigenvalue weighted by Gasteiger charge is 2.57. The standard InChI is InChI=1S/C25H54N.C13H24N.C10H20N.C9H20N.C8H18N.C7H18N/c1-5-8-11-14-17-20-23-26(4,24-21-18-15-12-9-6-2)25-22-19-16-13-10-7-3;1-14(2,3)13-7-10-4-11(8-13)6-12(5-10)9-13;1-11(2,3)10-7-8-4-5-9(10)6-8;1-10(2,3)9-7-5-4-6-8-9;1-9(2,3)8-6-4-5-7-8;1-7(2,3)8(4,5)6/h5-25H2,1-4H3;10-12H,4-9H2,1-3H3;8-10H,4-7H2,1-3H3;9H,4-8H2,1-3H3;8H,4-7H2,1-3H3;1-6H3/q6*+1. The second-order valence-corrected chi connectivity index (χ2v) is 34.3. The predicted octanol–water partition coefficient (Wildman–Crippen LogP) is 18.2. The minimum Gasteiger partial charge on any atom is -0.328 e. The summed E-state index contributed by atoms with van der Waals surface area (Å²) in [6, 6.07) is 2.87. The van der Waals surface area contributed by atoms with Gasteiger partial charge in [0.1, 0.15) is 0 Å². The number of hydrogen-bond donors (Lipinski definition) is 0. The second kappa shape index (κ2) is 35.3. The van der Waals surface area contributed by atoms with Gasteiger partial charge < -0.3 is 26.9 Å². The van der Waals surface area contributed by atoms with Gasteiger partial charge in [-0.05, 0) is 173 Å². The van der Waals surface area contributed by atoms with Crippen molar-refractivity contribution in [1.82, 2.24) is 0 Å².